The summed E-state index contributed by atoms with van der Waals surface area (Å²) in [5, 5.41) is 0. The summed E-state index contributed by atoms with van der Waals surface area (Å²) < 4.78 is 12.8. The van der Waals surface area contributed by atoms with E-state index in [-0.39, 0.29) is 11.5 Å². The average Bonchev–Trinajstić information content (AvgIpc) is 2.33. The lowest BCUT2D eigenvalue weighted by molar-refractivity contribution is 0.0856. The van der Waals surface area contributed by atoms with Gasteiger partial charge in [0.2, 0.25) is 0 Å². The first-order valence-electron chi connectivity index (χ1n) is 6.36. The molecular weight excluding hydrogens is 215 g/mol. The summed E-state index contributed by atoms with van der Waals surface area (Å²) in [5.41, 5.74) is 7.17. The molecule has 2 nitrogen and oxygen atoms in total. The van der Waals surface area contributed by atoms with Crippen LogP contribution in [0.3, 0.4) is 0 Å². The Bertz CT molecular complexity index is 353. The lowest BCUT2D eigenvalue weighted by Crippen LogP contribution is -2.56. The number of nitrogens with zero attached hydrogens (tertiary/aromatic N) is 1. The van der Waals surface area contributed by atoms with E-state index >= 15 is 0 Å². The minimum atomic E-state index is -0.321. The second-order valence-electron chi connectivity index (χ2n) is 5.21. The Morgan fingerprint density at radius 2 is 1.76 bits per heavy atom. The zero-order valence-electron chi connectivity index (χ0n) is 10.5. The van der Waals surface area contributed by atoms with Gasteiger partial charge in [0, 0.05) is 6.42 Å². The highest BCUT2D eigenvalue weighted by molar-refractivity contribution is 5.18. The smallest absolute Gasteiger partial charge is 0.123 e. The van der Waals surface area contributed by atoms with E-state index in [0.717, 1.165) is 25.1 Å². The molecule has 1 aliphatic heterocycles. The Labute approximate surface area is 103 Å². The Hall–Kier alpha value is -0.930. The Balaban J connectivity index is 2.02. The van der Waals surface area contributed by atoms with Crippen molar-refractivity contribution in [3.05, 3.63) is 35.6 Å². The van der Waals surface area contributed by atoms with E-state index in [4.69, 9.17) is 5.73 Å². The summed E-state index contributed by atoms with van der Waals surface area (Å²) >= 11 is 0. The van der Waals surface area contributed by atoms with Crippen molar-refractivity contribution in [2.45, 2.75) is 38.3 Å². The molecule has 0 spiro atoms. The van der Waals surface area contributed by atoms with Crippen LogP contribution in [-0.4, -0.2) is 23.7 Å². The Kier molecular flexibility index (Phi) is 3.79. The second-order valence-corrected chi connectivity index (χ2v) is 5.21. The summed E-state index contributed by atoms with van der Waals surface area (Å²) in [6.07, 6.45) is 4.54. The van der Waals surface area contributed by atoms with E-state index in [1.54, 1.807) is 0 Å². The van der Waals surface area contributed by atoms with Crippen LogP contribution in [0.25, 0.3) is 0 Å². The molecule has 0 amide bonds. The number of hydrogen-bond donors (Lipinski definition) is 1. The van der Waals surface area contributed by atoms with E-state index in [9.17, 15) is 4.39 Å². The monoisotopic (exact) mass is 236 g/mol. The van der Waals surface area contributed by atoms with Gasteiger partial charge in [0.25, 0.3) is 0 Å². The van der Waals surface area contributed by atoms with Gasteiger partial charge in [0.1, 0.15) is 5.82 Å². The van der Waals surface area contributed by atoms with Crippen LogP contribution in [-0.2, 0) is 6.42 Å². The molecule has 0 bridgehead atoms. The van der Waals surface area contributed by atoms with Crippen molar-refractivity contribution >= 4 is 0 Å². The number of piperidine rings is 1. The molecule has 1 aromatic carbocycles. The molecule has 0 saturated carbocycles. The second kappa shape index (κ2) is 5.15. The first-order chi connectivity index (χ1) is 8.08. The fourth-order valence-corrected chi connectivity index (χ4v) is 2.53. The van der Waals surface area contributed by atoms with Crippen LogP contribution < -0.4 is 5.73 Å². The third-order valence-electron chi connectivity index (χ3n) is 3.55. The zero-order valence-corrected chi connectivity index (χ0v) is 10.5. The predicted molar refractivity (Wildman–Crippen MR) is 68.1 cm³/mol. The molecule has 1 fully saturated rings. The van der Waals surface area contributed by atoms with Gasteiger partial charge < -0.3 is 5.73 Å². The number of halogens is 1. The number of benzene rings is 1. The van der Waals surface area contributed by atoms with Gasteiger partial charge in [-0.2, -0.15) is 0 Å². The lowest BCUT2D eigenvalue weighted by Gasteiger charge is -2.40. The molecule has 1 heterocycles. The fraction of sp³-hybridized carbons (Fsp3) is 0.571. The fourth-order valence-electron chi connectivity index (χ4n) is 2.53. The standard InChI is InChI=1S/C14H21FN2/c1-14(16,17-9-3-2-4-10-17)11-12-5-7-13(15)8-6-12/h5-8H,2-4,9-11,16H2,1H3. The van der Waals surface area contributed by atoms with Gasteiger partial charge in [-0.05, 0) is 50.6 Å². The summed E-state index contributed by atoms with van der Waals surface area (Å²) in [5.74, 6) is -0.189. The van der Waals surface area contributed by atoms with Crippen molar-refractivity contribution in [1.29, 1.82) is 0 Å². The maximum atomic E-state index is 12.8. The highest BCUT2D eigenvalue weighted by atomic mass is 19.1. The van der Waals surface area contributed by atoms with E-state index < -0.39 is 0 Å². The third kappa shape index (κ3) is 3.27. The Morgan fingerprint density at radius 1 is 1.18 bits per heavy atom. The molecule has 17 heavy (non-hydrogen) atoms. The van der Waals surface area contributed by atoms with Gasteiger partial charge in [-0.3, -0.25) is 4.90 Å². The summed E-state index contributed by atoms with van der Waals surface area (Å²) in [7, 11) is 0. The molecule has 2 N–H and O–H groups in total. The predicted octanol–water partition coefficient (Wildman–Crippen LogP) is 2.53. The van der Waals surface area contributed by atoms with E-state index in [1.807, 2.05) is 12.1 Å². The molecule has 1 saturated heterocycles. The average molecular weight is 236 g/mol. The van der Waals surface area contributed by atoms with Gasteiger partial charge in [0.15, 0.2) is 0 Å². The molecule has 1 atom stereocenters. The molecule has 3 heteroatoms. The van der Waals surface area contributed by atoms with Gasteiger partial charge in [0.05, 0.1) is 5.66 Å². The van der Waals surface area contributed by atoms with Crippen LogP contribution in [0.1, 0.15) is 31.7 Å². The van der Waals surface area contributed by atoms with Crippen LogP contribution in [0.2, 0.25) is 0 Å². The molecule has 0 aliphatic carbocycles. The maximum Gasteiger partial charge on any atom is 0.123 e. The molecule has 2 rings (SSSR count). The first-order valence-corrected chi connectivity index (χ1v) is 6.36. The van der Waals surface area contributed by atoms with Crippen LogP contribution in [0, 0.1) is 5.82 Å². The van der Waals surface area contributed by atoms with E-state index in [0.29, 0.717) is 0 Å². The highest BCUT2D eigenvalue weighted by Gasteiger charge is 2.28. The maximum absolute atomic E-state index is 12.8. The van der Waals surface area contributed by atoms with Gasteiger partial charge in [-0.1, -0.05) is 18.6 Å². The molecule has 94 valence electrons. The minimum Gasteiger partial charge on any atom is -0.313 e. The molecule has 1 unspecified atom stereocenters. The summed E-state index contributed by atoms with van der Waals surface area (Å²) in [4.78, 5) is 2.35. The SMILES string of the molecule is CC(N)(Cc1ccc(F)cc1)N1CCCCC1. The summed E-state index contributed by atoms with van der Waals surface area (Å²) in [6.45, 7) is 4.23. The van der Waals surface area contributed by atoms with Crippen LogP contribution in [0.4, 0.5) is 4.39 Å². The number of rotatable bonds is 3. The van der Waals surface area contributed by atoms with Crippen molar-refractivity contribution < 1.29 is 4.39 Å². The normalized spacial score (nSPS) is 21.1. The zero-order chi connectivity index (χ0) is 12.3. The highest BCUT2D eigenvalue weighted by Crippen LogP contribution is 2.20. The molecule has 1 aromatic rings. The minimum absolute atomic E-state index is 0.189. The van der Waals surface area contributed by atoms with Crippen molar-refractivity contribution in [3.8, 4) is 0 Å². The number of nitrogens with two attached hydrogens (primary N) is 1. The molecular formula is C14H21FN2. The topological polar surface area (TPSA) is 29.3 Å². The third-order valence-corrected chi connectivity index (χ3v) is 3.55. The van der Waals surface area contributed by atoms with Crippen molar-refractivity contribution in [3.63, 3.8) is 0 Å². The molecule has 1 aliphatic rings. The molecule has 0 radical (unpaired) electrons. The van der Waals surface area contributed by atoms with E-state index in [2.05, 4.69) is 11.8 Å². The lowest BCUT2D eigenvalue weighted by atomic mass is 9.97. The van der Waals surface area contributed by atoms with Crippen LogP contribution in [0.15, 0.2) is 24.3 Å². The molecule has 0 aromatic heterocycles. The first kappa shape index (κ1) is 12.5. The number of hydrogen-bond acceptors (Lipinski definition) is 2. The van der Waals surface area contributed by atoms with Gasteiger partial charge in [-0.15, -0.1) is 0 Å². The van der Waals surface area contributed by atoms with Crippen LogP contribution in [0.5, 0.6) is 0 Å². The Morgan fingerprint density at radius 3 is 2.35 bits per heavy atom. The quantitative estimate of drug-likeness (QED) is 0.874. The summed E-state index contributed by atoms with van der Waals surface area (Å²) in [6, 6.07) is 6.65. The van der Waals surface area contributed by atoms with E-state index in [1.165, 1.54) is 31.4 Å². The van der Waals surface area contributed by atoms with Crippen LogP contribution >= 0.6 is 0 Å². The van der Waals surface area contributed by atoms with Crippen molar-refractivity contribution in [1.82, 2.24) is 4.90 Å². The van der Waals surface area contributed by atoms with Gasteiger partial charge >= 0.3 is 0 Å². The van der Waals surface area contributed by atoms with Gasteiger partial charge in [-0.25, -0.2) is 4.39 Å². The van der Waals surface area contributed by atoms with Crippen molar-refractivity contribution in [2.75, 3.05) is 13.1 Å². The van der Waals surface area contributed by atoms with Crippen molar-refractivity contribution in [2.24, 2.45) is 5.73 Å². The number of likely N-dealkylation sites (tertiary alicyclic amines) is 1. The largest absolute Gasteiger partial charge is 0.313 e.